The Morgan fingerprint density at radius 2 is 2.38 bits per heavy atom. The van der Waals surface area contributed by atoms with E-state index >= 15 is 0 Å². The number of aliphatic hydroxyl groups is 1. The van der Waals surface area contributed by atoms with E-state index in [4.69, 9.17) is 4.74 Å². The van der Waals surface area contributed by atoms with E-state index in [1.165, 1.54) is 5.56 Å². The van der Waals surface area contributed by atoms with Gasteiger partial charge in [0.15, 0.2) is 0 Å². The van der Waals surface area contributed by atoms with Crippen LogP contribution in [0.5, 0.6) is 0 Å². The van der Waals surface area contributed by atoms with Crippen molar-refractivity contribution < 1.29 is 9.84 Å². The zero-order valence-electron chi connectivity index (χ0n) is 7.90. The van der Waals surface area contributed by atoms with Gasteiger partial charge in [0.25, 0.3) is 0 Å². The predicted molar refractivity (Wildman–Crippen MR) is 55.1 cm³/mol. The van der Waals surface area contributed by atoms with Crippen LogP contribution in [0.4, 0.5) is 0 Å². The fourth-order valence-corrected chi connectivity index (χ4v) is 1.87. The Morgan fingerprint density at radius 3 is 3.00 bits per heavy atom. The molecule has 1 unspecified atom stereocenters. The van der Waals surface area contributed by atoms with Crippen molar-refractivity contribution >= 4 is 11.3 Å². The van der Waals surface area contributed by atoms with E-state index in [1.54, 1.807) is 18.4 Å². The summed E-state index contributed by atoms with van der Waals surface area (Å²) in [4.78, 5) is 0. The standard InChI is InChI=1S/C10H16O2S/c1-12-6-4-10(11)3-2-9-5-7-13-8-9/h5,7-8,10-11H,2-4,6H2,1H3. The van der Waals surface area contributed by atoms with Gasteiger partial charge in [0, 0.05) is 13.7 Å². The van der Waals surface area contributed by atoms with E-state index in [1.807, 2.05) is 0 Å². The van der Waals surface area contributed by atoms with E-state index in [-0.39, 0.29) is 6.10 Å². The highest BCUT2D eigenvalue weighted by molar-refractivity contribution is 7.07. The van der Waals surface area contributed by atoms with Gasteiger partial charge in [0.1, 0.15) is 0 Å². The van der Waals surface area contributed by atoms with E-state index in [2.05, 4.69) is 16.8 Å². The van der Waals surface area contributed by atoms with Crippen molar-refractivity contribution in [2.24, 2.45) is 0 Å². The summed E-state index contributed by atoms with van der Waals surface area (Å²) in [5.74, 6) is 0. The molecule has 0 aromatic carbocycles. The predicted octanol–water partition coefficient (Wildman–Crippen LogP) is 2.08. The van der Waals surface area contributed by atoms with Crippen LogP contribution < -0.4 is 0 Å². The minimum atomic E-state index is -0.222. The van der Waals surface area contributed by atoms with Crippen molar-refractivity contribution in [2.75, 3.05) is 13.7 Å². The Hall–Kier alpha value is -0.380. The lowest BCUT2D eigenvalue weighted by molar-refractivity contribution is 0.104. The maximum atomic E-state index is 9.50. The Balaban J connectivity index is 2.11. The molecule has 0 spiro atoms. The van der Waals surface area contributed by atoms with Crippen molar-refractivity contribution in [1.29, 1.82) is 0 Å². The molecule has 13 heavy (non-hydrogen) atoms. The zero-order valence-corrected chi connectivity index (χ0v) is 8.72. The van der Waals surface area contributed by atoms with Crippen molar-refractivity contribution in [3.8, 4) is 0 Å². The van der Waals surface area contributed by atoms with E-state index in [0.717, 1.165) is 19.3 Å². The minimum absolute atomic E-state index is 0.222. The largest absolute Gasteiger partial charge is 0.393 e. The molecule has 1 aromatic rings. The molecule has 0 aliphatic rings. The van der Waals surface area contributed by atoms with Gasteiger partial charge in [-0.3, -0.25) is 0 Å². The highest BCUT2D eigenvalue weighted by Gasteiger charge is 2.03. The molecule has 0 amide bonds. The second-order valence-electron chi connectivity index (χ2n) is 3.11. The molecule has 0 bridgehead atoms. The monoisotopic (exact) mass is 200 g/mol. The summed E-state index contributed by atoms with van der Waals surface area (Å²) in [6.45, 7) is 0.644. The number of rotatable bonds is 6. The lowest BCUT2D eigenvalue weighted by Crippen LogP contribution is -2.10. The van der Waals surface area contributed by atoms with Gasteiger partial charge in [-0.2, -0.15) is 11.3 Å². The first kappa shape index (κ1) is 10.7. The van der Waals surface area contributed by atoms with Gasteiger partial charge in [0.05, 0.1) is 6.10 Å². The van der Waals surface area contributed by atoms with Crippen LogP contribution in [0.15, 0.2) is 16.8 Å². The average molecular weight is 200 g/mol. The van der Waals surface area contributed by atoms with E-state index in [0.29, 0.717) is 6.61 Å². The van der Waals surface area contributed by atoms with Crippen LogP contribution >= 0.6 is 11.3 Å². The first-order valence-corrected chi connectivity index (χ1v) is 5.45. The van der Waals surface area contributed by atoms with Crippen molar-refractivity contribution in [3.63, 3.8) is 0 Å². The fraction of sp³-hybridized carbons (Fsp3) is 0.600. The molecule has 0 aliphatic heterocycles. The molecule has 1 N–H and O–H groups in total. The Bertz CT molecular complexity index is 209. The van der Waals surface area contributed by atoms with Gasteiger partial charge < -0.3 is 9.84 Å². The summed E-state index contributed by atoms with van der Waals surface area (Å²) in [7, 11) is 1.66. The van der Waals surface area contributed by atoms with Gasteiger partial charge >= 0.3 is 0 Å². The molecule has 0 aliphatic carbocycles. The van der Waals surface area contributed by atoms with Gasteiger partial charge in [-0.05, 0) is 41.7 Å². The number of hydrogen-bond acceptors (Lipinski definition) is 3. The molecule has 1 rings (SSSR count). The third-order valence-electron chi connectivity index (χ3n) is 2.00. The van der Waals surface area contributed by atoms with Gasteiger partial charge in [-0.25, -0.2) is 0 Å². The van der Waals surface area contributed by atoms with Crippen LogP contribution in [0.2, 0.25) is 0 Å². The third kappa shape index (κ3) is 4.41. The summed E-state index contributed by atoms with van der Waals surface area (Å²) in [6, 6.07) is 2.10. The maximum Gasteiger partial charge on any atom is 0.0565 e. The third-order valence-corrected chi connectivity index (χ3v) is 2.73. The number of thiophene rings is 1. The van der Waals surface area contributed by atoms with Crippen LogP contribution in [0.1, 0.15) is 18.4 Å². The molecule has 1 atom stereocenters. The van der Waals surface area contributed by atoms with Crippen molar-refractivity contribution in [2.45, 2.75) is 25.4 Å². The van der Waals surface area contributed by atoms with E-state index in [9.17, 15) is 5.11 Å². The second kappa shape index (κ2) is 6.13. The number of aliphatic hydroxyl groups excluding tert-OH is 1. The van der Waals surface area contributed by atoms with Gasteiger partial charge in [-0.1, -0.05) is 0 Å². The molecule has 1 heterocycles. The SMILES string of the molecule is COCCC(O)CCc1ccsc1. The average Bonchev–Trinajstić information content (AvgIpc) is 2.64. The Kier molecular flexibility index (Phi) is 5.05. The summed E-state index contributed by atoms with van der Waals surface area (Å²) in [5.41, 5.74) is 1.32. The summed E-state index contributed by atoms with van der Waals surface area (Å²) >= 11 is 1.70. The molecule has 0 radical (unpaired) electrons. The molecule has 0 fully saturated rings. The van der Waals surface area contributed by atoms with Gasteiger partial charge in [-0.15, -0.1) is 0 Å². The highest BCUT2D eigenvalue weighted by Crippen LogP contribution is 2.10. The van der Waals surface area contributed by atoms with Crippen LogP contribution in [0, 0.1) is 0 Å². The molecule has 0 saturated heterocycles. The number of ether oxygens (including phenoxy) is 1. The molecule has 74 valence electrons. The number of methoxy groups -OCH3 is 1. The maximum absolute atomic E-state index is 9.50. The molecular weight excluding hydrogens is 184 g/mol. The van der Waals surface area contributed by atoms with Crippen LogP contribution in [0.3, 0.4) is 0 Å². The van der Waals surface area contributed by atoms with Gasteiger partial charge in [0.2, 0.25) is 0 Å². The minimum Gasteiger partial charge on any atom is -0.393 e. The lowest BCUT2D eigenvalue weighted by atomic mass is 10.1. The summed E-state index contributed by atoms with van der Waals surface area (Å²) in [5, 5.41) is 13.7. The van der Waals surface area contributed by atoms with Crippen LogP contribution in [-0.2, 0) is 11.2 Å². The topological polar surface area (TPSA) is 29.5 Å². The summed E-state index contributed by atoms with van der Waals surface area (Å²) in [6.07, 6.45) is 2.31. The van der Waals surface area contributed by atoms with Crippen molar-refractivity contribution in [1.82, 2.24) is 0 Å². The lowest BCUT2D eigenvalue weighted by Gasteiger charge is -2.08. The number of hydrogen-bond donors (Lipinski definition) is 1. The first-order chi connectivity index (χ1) is 6.33. The van der Waals surface area contributed by atoms with Crippen LogP contribution in [0.25, 0.3) is 0 Å². The first-order valence-electron chi connectivity index (χ1n) is 4.51. The smallest absolute Gasteiger partial charge is 0.0565 e. The van der Waals surface area contributed by atoms with E-state index < -0.39 is 0 Å². The highest BCUT2D eigenvalue weighted by atomic mass is 32.1. The molecule has 1 aromatic heterocycles. The molecular formula is C10H16O2S. The van der Waals surface area contributed by atoms with Crippen LogP contribution in [-0.4, -0.2) is 24.9 Å². The normalized spacial score (nSPS) is 13.1. The zero-order chi connectivity index (χ0) is 9.52. The molecule has 3 heteroatoms. The fourth-order valence-electron chi connectivity index (χ4n) is 1.17. The Morgan fingerprint density at radius 1 is 1.54 bits per heavy atom. The van der Waals surface area contributed by atoms with Crippen molar-refractivity contribution in [3.05, 3.63) is 22.4 Å². The number of aryl methyl sites for hydroxylation is 1. The molecule has 2 nitrogen and oxygen atoms in total. The second-order valence-corrected chi connectivity index (χ2v) is 3.89. The summed E-state index contributed by atoms with van der Waals surface area (Å²) < 4.78 is 4.89. The quantitative estimate of drug-likeness (QED) is 0.762. The Labute approximate surface area is 83.2 Å². The molecule has 0 saturated carbocycles.